The van der Waals surface area contributed by atoms with Crippen molar-refractivity contribution in [2.45, 2.75) is 18.5 Å². The third kappa shape index (κ3) is 4.11. The molecular formula is C23H24ClN7O3. The van der Waals surface area contributed by atoms with E-state index in [-0.39, 0.29) is 29.2 Å². The number of imidazole rings is 1. The van der Waals surface area contributed by atoms with Gasteiger partial charge in [-0.25, -0.2) is 9.67 Å². The van der Waals surface area contributed by atoms with Crippen LogP contribution in [-0.2, 0) is 9.53 Å². The van der Waals surface area contributed by atoms with Crippen LogP contribution in [0.15, 0.2) is 37.3 Å². The van der Waals surface area contributed by atoms with E-state index in [1.54, 1.807) is 52.8 Å². The monoisotopic (exact) mass is 481 g/mol. The lowest BCUT2D eigenvalue weighted by atomic mass is 10.1. The summed E-state index contributed by atoms with van der Waals surface area (Å²) in [4.78, 5) is 30.6. The van der Waals surface area contributed by atoms with Crippen LogP contribution in [0.1, 0.15) is 34.1 Å². The first-order valence-corrected chi connectivity index (χ1v) is 10.9. The Morgan fingerprint density at radius 1 is 1.41 bits per heavy atom. The van der Waals surface area contributed by atoms with Gasteiger partial charge in [-0.2, -0.15) is 5.10 Å². The SMILES string of the molecule is C=CC(=O)N1C[C@@H](n2nc(C#Cc3ccc(Cl)n4cncc34)c(C(N)=O)c2NC)C[C@@H]1COC. The predicted octanol–water partition coefficient (Wildman–Crippen LogP) is 1.70. The molecule has 0 spiro atoms. The van der Waals surface area contributed by atoms with Crippen molar-refractivity contribution in [2.24, 2.45) is 5.73 Å². The fourth-order valence-electron chi connectivity index (χ4n) is 4.28. The summed E-state index contributed by atoms with van der Waals surface area (Å²) in [6.07, 6.45) is 5.12. The Kier molecular flexibility index (Phi) is 6.58. The van der Waals surface area contributed by atoms with Crippen LogP contribution in [-0.4, -0.2) is 69.2 Å². The number of nitrogens with one attached hydrogen (secondary N) is 1. The van der Waals surface area contributed by atoms with E-state index in [9.17, 15) is 9.59 Å². The molecule has 3 aromatic heterocycles. The van der Waals surface area contributed by atoms with Crippen LogP contribution in [0.5, 0.6) is 0 Å². The second kappa shape index (κ2) is 9.59. The molecule has 1 aliphatic rings. The van der Waals surface area contributed by atoms with Gasteiger partial charge in [0.1, 0.15) is 22.9 Å². The van der Waals surface area contributed by atoms with Crippen LogP contribution in [0.4, 0.5) is 5.82 Å². The summed E-state index contributed by atoms with van der Waals surface area (Å²) in [5.41, 5.74) is 7.53. The van der Waals surface area contributed by atoms with Gasteiger partial charge in [0, 0.05) is 20.7 Å². The zero-order valence-corrected chi connectivity index (χ0v) is 19.5. The van der Waals surface area contributed by atoms with Crippen LogP contribution in [0.3, 0.4) is 0 Å². The largest absolute Gasteiger partial charge is 0.383 e. The number of primary amides is 1. The van der Waals surface area contributed by atoms with Gasteiger partial charge in [-0.3, -0.25) is 14.0 Å². The minimum absolute atomic E-state index is 0.148. The molecule has 0 unspecified atom stereocenters. The Bertz CT molecular complexity index is 1330. The molecule has 10 nitrogen and oxygen atoms in total. The van der Waals surface area contributed by atoms with Gasteiger partial charge in [-0.1, -0.05) is 24.1 Å². The standard InChI is InChI=1S/C23H24ClN7O3/c1-4-20(32)29-11-15(9-16(29)12-34-3)31-23(26-2)21(22(25)33)17(28-31)7-5-14-6-8-19(24)30-13-27-10-18(14)30/h4,6,8,10,13,15-16,26H,1,9,11-12H2,2-3H3,(H2,25,33)/t15-,16+/m0/s1. The number of ether oxygens (including phenoxy) is 1. The number of methoxy groups -OCH3 is 1. The third-order valence-corrected chi connectivity index (χ3v) is 6.10. The maximum absolute atomic E-state index is 12.4. The Hall–Kier alpha value is -3.81. The Balaban J connectivity index is 1.76. The summed E-state index contributed by atoms with van der Waals surface area (Å²) in [6.45, 7) is 4.35. The first kappa shape index (κ1) is 23.4. The number of aromatic nitrogens is 4. The highest BCUT2D eigenvalue weighted by Crippen LogP contribution is 2.32. The lowest BCUT2D eigenvalue weighted by Crippen LogP contribution is -2.37. The molecule has 0 aromatic carbocycles. The number of nitrogens with zero attached hydrogens (tertiary/aromatic N) is 5. The van der Waals surface area contributed by atoms with Gasteiger partial charge < -0.3 is 20.7 Å². The molecule has 3 aromatic rings. The predicted molar refractivity (Wildman–Crippen MR) is 128 cm³/mol. The van der Waals surface area contributed by atoms with Crippen molar-refractivity contribution in [1.29, 1.82) is 0 Å². The van der Waals surface area contributed by atoms with E-state index in [0.29, 0.717) is 36.1 Å². The highest BCUT2D eigenvalue weighted by atomic mass is 35.5. The molecule has 11 heteroatoms. The number of fused-ring (bicyclic) bond motifs is 1. The topological polar surface area (TPSA) is 120 Å². The van der Waals surface area contributed by atoms with Crippen molar-refractivity contribution in [3.8, 4) is 11.8 Å². The van der Waals surface area contributed by atoms with E-state index >= 15 is 0 Å². The zero-order chi connectivity index (χ0) is 24.4. The summed E-state index contributed by atoms with van der Waals surface area (Å²) in [7, 11) is 3.27. The van der Waals surface area contributed by atoms with E-state index < -0.39 is 5.91 Å². The number of rotatable bonds is 6. The fraction of sp³-hybridized carbons (Fsp3) is 0.304. The molecule has 1 saturated heterocycles. The van der Waals surface area contributed by atoms with Crippen LogP contribution in [0.2, 0.25) is 5.15 Å². The normalized spacial score (nSPS) is 17.4. The van der Waals surface area contributed by atoms with Gasteiger partial charge in [-0.05, 0) is 30.6 Å². The number of hydrogen-bond acceptors (Lipinski definition) is 6. The molecule has 2 atom stereocenters. The van der Waals surface area contributed by atoms with Crippen molar-refractivity contribution in [1.82, 2.24) is 24.1 Å². The molecule has 34 heavy (non-hydrogen) atoms. The molecule has 0 bridgehead atoms. The van der Waals surface area contributed by atoms with Gasteiger partial charge in [0.25, 0.3) is 5.91 Å². The summed E-state index contributed by atoms with van der Waals surface area (Å²) in [5.74, 6) is 5.63. The second-order valence-electron chi connectivity index (χ2n) is 7.79. The molecule has 2 amide bonds. The average molecular weight is 482 g/mol. The van der Waals surface area contributed by atoms with E-state index in [1.165, 1.54) is 6.08 Å². The number of pyridine rings is 1. The van der Waals surface area contributed by atoms with E-state index in [0.717, 1.165) is 5.52 Å². The summed E-state index contributed by atoms with van der Waals surface area (Å²) >= 11 is 6.20. The first-order valence-electron chi connectivity index (χ1n) is 10.5. The lowest BCUT2D eigenvalue weighted by Gasteiger charge is -2.22. The van der Waals surface area contributed by atoms with Gasteiger partial charge in [0.05, 0.1) is 36.0 Å². The number of carbonyl (C=O) groups is 2. The minimum atomic E-state index is -0.657. The van der Waals surface area contributed by atoms with Crippen LogP contribution >= 0.6 is 11.6 Å². The lowest BCUT2D eigenvalue weighted by molar-refractivity contribution is -0.127. The van der Waals surface area contributed by atoms with Crippen molar-refractivity contribution >= 4 is 34.7 Å². The molecule has 4 rings (SSSR count). The van der Waals surface area contributed by atoms with Crippen LogP contribution in [0.25, 0.3) is 5.52 Å². The number of likely N-dealkylation sites (tertiary alicyclic amines) is 1. The Morgan fingerprint density at radius 3 is 2.88 bits per heavy atom. The first-order chi connectivity index (χ1) is 16.4. The van der Waals surface area contributed by atoms with Crippen molar-refractivity contribution in [3.05, 3.63) is 59.3 Å². The molecular weight excluding hydrogens is 458 g/mol. The molecule has 1 aliphatic heterocycles. The highest BCUT2D eigenvalue weighted by molar-refractivity contribution is 6.29. The van der Waals surface area contributed by atoms with E-state index in [2.05, 4.69) is 33.8 Å². The molecule has 0 radical (unpaired) electrons. The van der Waals surface area contributed by atoms with Crippen LogP contribution < -0.4 is 11.1 Å². The second-order valence-corrected chi connectivity index (χ2v) is 8.18. The minimum Gasteiger partial charge on any atom is -0.383 e. The maximum Gasteiger partial charge on any atom is 0.255 e. The molecule has 1 fully saturated rings. The molecule has 0 saturated carbocycles. The van der Waals surface area contributed by atoms with Gasteiger partial charge in [0.2, 0.25) is 5.91 Å². The maximum atomic E-state index is 12.4. The van der Waals surface area contributed by atoms with Crippen molar-refractivity contribution in [3.63, 3.8) is 0 Å². The summed E-state index contributed by atoms with van der Waals surface area (Å²) in [6, 6.07) is 3.13. The highest BCUT2D eigenvalue weighted by Gasteiger charge is 2.37. The van der Waals surface area contributed by atoms with Crippen molar-refractivity contribution in [2.75, 3.05) is 32.6 Å². The number of halogens is 1. The van der Waals surface area contributed by atoms with Crippen LogP contribution in [0, 0.1) is 11.8 Å². The average Bonchev–Trinajstić information content (AvgIpc) is 3.55. The van der Waals surface area contributed by atoms with Gasteiger partial charge in [0.15, 0.2) is 5.69 Å². The Labute approximate surface area is 201 Å². The fourth-order valence-corrected chi connectivity index (χ4v) is 4.48. The number of hydrogen-bond donors (Lipinski definition) is 2. The molecule has 4 heterocycles. The van der Waals surface area contributed by atoms with E-state index in [1.807, 2.05) is 0 Å². The molecule has 0 aliphatic carbocycles. The van der Waals surface area contributed by atoms with Gasteiger partial charge in [-0.15, -0.1) is 0 Å². The molecule has 176 valence electrons. The number of carbonyl (C=O) groups excluding carboxylic acids is 2. The van der Waals surface area contributed by atoms with E-state index in [4.69, 9.17) is 22.1 Å². The quantitative estimate of drug-likeness (QED) is 0.314. The summed E-state index contributed by atoms with van der Waals surface area (Å²) < 4.78 is 8.68. The smallest absolute Gasteiger partial charge is 0.255 e. The number of nitrogens with two attached hydrogens (primary N) is 1. The zero-order valence-electron chi connectivity index (χ0n) is 18.8. The Morgan fingerprint density at radius 2 is 2.21 bits per heavy atom. The molecule has 3 N–H and O–H groups in total. The summed E-state index contributed by atoms with van der Waals surface area (Å²) in [5, 5.41) is 8.15. The van der Waals surface area contributed by atoms with Gasteiger partial charge >= 0.3 is 0 Å². The number of anilines is 1. The third-order valence-electron chi connectivity index (χ3n) is 5.80. The van der Waals surface area contributed by atoms with Crippen molar-refractivity contribution < 1.29 is 14.3 Å². The number of amides is 2.